The summed E-state index contributed by atoms with van der Waals surface area (Å²) in [6.45, 7) is 6.01. The van der Waals surface area contributed by atoms with Crippen molar-refractivity contribution in [2.24, 2.45) is 0 Å². The molecule has 0 spiro atoms. The quantitative estimate of drug-likeness (QED) is 0.453. The molecule has 0 unspecified atom stereocenters. The molecule has 0 radical (unpaired) electrons. The Labute approximate surface area is 134 Å². The second-order valence-corrected chi connectivity index (χ2v) is 7.64. The second kappa shape index (κ2) is 12.1. The Morgan fingerprint density at radius 1 is 1.18 bits per heavy atom. The maximum Gasteiger partial charge on any atom is 0.500 e. The van der Waals surface area contributed by atoms with E-state index >= 15 is 0 Å². The third-order valence-corrected chi connectivity index (χ3v) is 5.85. The summed E-state index contributed by atoms with van der Waals surface area (Å²) >= 11 is 0. The van der Waals surface area contributed by atoms with Crippen molar-refractivity contribution >= 4 is 14.7 Å². The number of aryl methyl sites for hydroxylation is 1. The van der Waals surface area contributed by atoms with Crippen LogP contribution in [0.5, 0.6) is 0 Å². The van der Waals surface area contributed by atoms with Gasteiger partial charge in [0.1, 0.15) is 0 Å². The molecule has 0 bridgehead atoms. The maximum absolute atomic E-state index is 10.8. The predicted molar refractivity (Wildman–Crippen MR) is 90.6 cm³/mol. The van der Waals surface area contributed by atoms with E-state index in [2.05, 4.69) is 31.0 Å². The summed E-state index contributed by atoms with van der Waals surface area (Å²) in [5.74, 6) is -0.172. The van der Waals surface area contributed by atoms with Crippen LogP contribution in [0.15, 0.2) is 43.0 Å². The van der Waals surface area contributed by atoms with Crippen LogP contribution in [0.25, 0.3) is 0 Å². The summed E-state index contributed by atoms with van der Waals surface area (Å²) in [5, 5.41) is 2.68. The average Bonchev–Trinajstić information content (AvgIpc) is 2.57. The minimum atomic E-state index is -2.48. The largest absolute Gasteiger partial charge is 0.500 e. The van der Waals surface area contributed by atoms with Gasteiger partial charge in [-0.1, -0.05) is 42.5 Å². The molecule has 22 heavy (non-hydrogen) atoms. The number of amides is 1. The number of benzene rings is 1. The fourth-order valence-electron chi connectivity index (χ4n) is 1.68. The van der Waals surface area contributed by atoms with Crippen LogP contribution in [-0.4, -0.2) is 42.6 Å². The summed E-state index contributed by atoms with van der Waals surface area (Å²) < 4.78 is 15.7. The third kappa shape index (κ3) is 8.73. The van der Waals surface area contributed by atoms with Crippen LogP contribution >= 0.6 is 0 Å². The van der Waals surface area contributed by atoms with Gasteiger partial charge in [-0.2, -0.15) is 0 Å². The zero-order valence-electron chi connectivity index (χ0n) is 13.9. The van der Waals surface area contributed by atoms with Crippen LogP contribution in [0, 0.1) is 6.92 Å². The Hall–Kier alpha value is -1.47. The van der Waals surface area contributed by atoms with E-state index in [-0.39, 0.29) is 5.91 Å². The molecule has 0 aromatic heterocycles. The van der Waals surface area contributed by atoms with Gasteiger partial charge < -0.3 is 18.6 Å². The molecule has 124 valence electrons. The second-order valence-electron chi connectivity index (χ2n) is 4.55. The summed E-state index contributed by atoms with van der Waals surface area (Å²) in [6.07, 6.45) is 2.00. The molecule has 0 saturated heterocycles. The van der Waals surface area contributed by atoms with Gasteiger partial charge in [-0.25, -0.2) is 0 Å². The minimum Gasteiger partial charge on any atom is -0.377 e. The van der Waals surface area contributed by atoms with Crippen LogP contribution in [0.3, 0.4) is 0 Å². The fraction of sp³-hybridized carbons (Fsp3) is 0.438. The van der Waals surface area contributed by atoms with E-state index in [0.29, 0.717) is 12.6 Å². The molecule has 0 heterocycles. The lowest BCUT2D eigenvalue weighted by atomic mass is 10.2. The van der Waals surface area contributed by atoms with Crippen LogP contribution in [0.2, 0.25) is 6.04 Å². The number of rotatable bonds is 8. The van der Waals surface area contributed by atoms with E-state index in [4.69, 9.17) is 13.3 Å². The highest BCUT2D eigenvalue weighted by molar-refractivity contribution is 6.60. The van der Waals surface area contributed by atoms with Crippen LogP contribution in [-0.2, 0) is 18.1 Å². The lowest BCUT2D eigenvalue weighted by Gasteiger charge is -2.24. The van der Waals surface area contributed by atoms with Crippen molar-refractivity contribution in [2.45, 2.75) is 19.4 Å². The normalized spacial score (nSPS) is 10.4. The summed E-state index contributed by atoms with van der Waals surface area (Å²) in [4.78, 5) is 10.8. The molecule has 0 aliphatic rings. The van der Waals surface area contributed by atoms with Crippen molar-refractivity contribution in [3.8, 4) is 0 Å². The van der Waals surface area contributed by atoms with Gasteiger partial charge in [-0.05, 0) is 19.4 Å². The van der Waals surface area contributed by atoms with Crippen LogP contribution in [0.4, 0.5) is 0 Å². The summed E-state index contributed by atoms with van der Waals surface area (Å²) in [6, 6.07) is 10.9. The number of hydrogen-bond donors (Lipinski definition) is 1. The van der Waals surface area contributed by atoms with E-state index in [1.807, 2.05) is 18.2 Å². The third-order valence-electron chi connectivity index (χ3n) is 3.02. The molecule has 0 aliphatic carbocycles. The predicted octanol–water partition coefficient (Wildman–Crippen LogP) is 2.55. The Bertz CT molecular complexity index is 413. The Balaban J connectivity index is 0.000000518. The van der Waals surface area contributed by atoms with Crippen LogP contribution in [0.1, 0.15) is 12.0 Å². The first-order valence-electron chi connectivity index (χ1n) is 7.11. The van der Waals surface area contributed by atoms with E-state index in [1.165, 1.54) is 11.6 Å². The molecule has 0 saturated carbocycles. The van der Waals surface area contributed by atoms with Crippen molar-refractivity contribution in [1.82, 2.24) is 5.32 Å². The summed E-state index contributed by atoms with van der Waals surface area (Å²) in [5.41, 5.74) is 1.32. The van der Waals surface area contributed by atoms with Crippen molar-refractivity contribution in [3.63, 3.8) is 0 Å². The molecule has 1 rings (SSSR count). The molecule has 0 aliphatic heterocycles. The Morgan fingerprint density at radius 3 is 2.09 bits per heavy atom. The molecule has 1 aromatic carbocycles. The van der Waals surface area contributed by atoms with Crippen molar-refractivity contribution in [3.05, 3.63) is 48.6 Å². The molecule has 5 nitrogen and oxygen atoms in total. The van der Waals surface area contributed by atoms with E-state index < -0.39 is 8.80 Å². The molecule has 0 atom stereocenters. The fourth-order valence-corrected chi connectivity index (χ4v) is 3.40. The van der Waals surface area contributed by atoms with Crippen molar-refractivity contribution in [1.29, 1.82) is 0 Å². The molecule has 1 aromatic rings. The first-order chi connectivity index (χ1) is 10.5. The molecule has 0 fully saturated rings. The zero-order chi connectivity index (χ0) is 16.8. The maximum atomic E-state index is 10.8. The lowest BCUT2D eigenvalue weighted by Crippen LogP contribution is -2.43. The minimum absolute atomic E-state index is 0.172. The number of nitrogens with one attached hydrogen (secondary N) is 1. The number of carbonyl (C=O) groups excluding carboxylic acids is 1. The molecule has 1 amide bonds. The standard InChI is InChI=1S/C9H19NO4Si.C7H8/c1-5-9(11)10-7-6-8-15(12-2,13-3)14-4;1-7-5-3-2-4-6-7/h5H,1,6-8H2,2-4H3,(H,10,11);2-6H,1H3. The van der Waals surface area contributed by atoms with Gasteiger partial charge in [0, 0.05) is 33.9 Å². The van der Waals surface area contributed by atoms with Crippen molar-refractivity contribution in [2.75, 3.05) is 27.9 Å². The Kier molecular flexibility index (Phi) is 11.3. The monoisotopic (exact) mass is 325 g/mol. The van der Waals surface area contributed by atoms with Gasteiger partial charge in [0.25, 0.3) is 0 Å². The molecular weight excluding hydrogens is 298 g/mol. The van der Waals surface area contributed by atoms with E-state index in [0.717, 1.165) is 6.42 Å². The SMILES string of the molecule is C=CC(=O)NCCC[Si](OC)(OC)OC.Cc1ccccc1. The zero-order valence-corrected chi connectivity index (χ0v) is 14.9. The van der Waals surface area contributed by atoms with E-state index in [9.17, 15) is 4.79 Å². The summed E-state index contributed by atoms with van der Waals surface area (Å²) in [7, 11) is 2.24. The smallest absolute Gasteiger partial charge is 0.377 e. The highest BCUT2D eigenvalue weighted by Crippen LogP contribution is 2.14. The van der Waals surface area contributed by atoms with Crippen molar-refractivity contribution < 1.29 is 18.1 Å². The molecule has 6 heteroatoms. The van der Waals surface area contributed by atoms with E-state index in [1.54, 1.807) is 21.3 Å². The highest BCUT2D eigenvalue weighted by Gasteiger charge is 2.36. The van der Waals surface area contributed by atoms with Gasteiger partial charge in [-0.3, -0.25) is 4.79 Å². The first kappa shape index (κ1) is 20.5. The van der Waals surface area contributed by atoms with Gasteiger partial charge in [0.2, 0.25) is 5.91 Å². The molecule has 1 N–H and O–H groups in total. The van der Waals surface area contributed by atoms with Gasteiger partial charge in [0.15, 0.2) is 0 Å². The molecular formula is C16H27NO4Si. The first-order valence-corrected chi connectivity index (χ1v) is 9.04. The van der Waals surface area contributed by atoms with Crippen LogP contribution < -0.4 is 5.32 Å². The Morgan fingerprint density at radius 2 is 1.73 bits per heavy atom. The van der Waals surface area contributed by atoms with Gasteiger partial charge in [-0.15, -0.1) is 0 Å². The van der Waals surface area contributed by atoms with Gasteiger partial charge in [0.05, 0.1) is 0 Å². The van der Waals surface area contributed by atoms with Gasteiger partial charge >= 0.3 is 8.80 Å². The number of hydrogen-bond acceptors (Lipinski definition) is 4. The number of carbonyl (C=O) groups is 1. The highest BCUT2D eigenvalue weighted by atomic mass is 28.4. The lowest BCUT2D eigenvalue weighted by molar-refractivity contribution is -0.116. The topological polar surface area (TPSA) is 56.8 Å². The average molecular weight is 325 g/mol.